The van der Waals surface area contributed by atoms with Crippen molar-refractivity contribution in [1.29, 1.82) is 0 Å². The lowest BCUT2D eigenvalue weighted by atomic mass is 10.1. The molecule has 0 aliphatic heterocycles. The quantitative estimate of drug-likeness (QED) is 0.890. The average Bonchev–Trinajstić information content (AvgIpc) is 2.60. The number of rotatable bonds is 3. The van der Waals surface area contributed by atoms with E-state index in [9.17, 15) is 8.42 Å². The van der Waals surface area contributed by atoms with Crippen molar-refractivity contribution in [3.05, 3.63) is 30.0 Å². The Bertz CT molecular complexity index is 619. The van der Waals surface area contributed by atoms with Gasteiger partial charge in [0.2, 0.25) is 0 Å². The summed E-state index contributed by atoms with van der Waals surface area (Å²) in [6, 6.07) is 5.10. The topological polar surface area (TPSA) is 76.0 Å². The van der Waals surface area contributed by atoms with E-state index < -0.39 is 9.84 Å². The second-order valence-electron chi connectivity index (χ2n) is 3.83. The molecule has 1 heterocycles. The molecule has 3 N–H and O–H groups in total. The van der Waals surface area contributed by atoms with Gasteiger partial charge in [-0.15, -0.1) is 12.4 Å². The molecule has 0 radical (unpaired) electrons. The van der Waals surface area contributed by atoms with E-state index in [1.807, 2.05) is 6.20 Å². The molecule has 0 aliphatic rings. The van der Waals surface area contributed by atoms with E-state index in [-0.39, 0.29) is 12.4 Å². The maximum absolute atomic E-state index is 11.4. The van der Waals surface area contributed by atoms with Crippen LogP contribution in [0.2, 0.25) is 0 Å². The molecule has 0 unspecified atom stereocenters. The molecule has 4 nitrogen and oxygen atoms in total. The molecule has 94 valence electrons. The highest BCUT2D eigenvalue weighted by Crippen LogP contribution is 2.22. The maximum atomic E-state index is 11.4. The number of benzene rings is 1. The van der Waals surface area contributed by atoms with Crippen LogP contribution in [0.1, 0.15) is 5.56 Å². The van der Waals surface area contributed by atoms with Crippen LogP contribution >= 0.6 is 12.4 Å². The van der Waals surface area contributed by atoms with E-state index in [4.69, 9.17) is 5.73 Å². The lowest BCUT2D eigenvalue weighted by Crippen LogP contribution is -2.02. The molecule has 0 saturated heterocycles. The second-order valence-corrected chi connectivity index (χ2v) is 5.85. The zero-order chi connectivity index (χ0) is 11.8. The third-order valence-corrected chi connectivity index (χ3v) is 3.69. The van der Waals surface area contributed by atoms with E-state index >= 15 is 0 Å². The van der Waals surface area contributed by atoms with Gasteiger partial charge in [-0.05, 0) is 36.7 Å². The van der Waals surface area contributed by atoms with Crippen molar-refractivity contribution in [2.45, 2.75) is 11.3 Å². The van der Waals surface area contributed by atoms with Gasteiger partial charge in [-0.3, -0.25) is 0 Å². The SMILES string of the molecule is CS(=O)(=O)c1ccc2[nH]cc(CCN)c2c1.Cl. The minimum Gasteiger partial charge on any atom is -0.361 e. The molecule has 2 rings (SSSR count). The summed E-state index contributed by atoms with van der Waals surface area (Å²) in [7, 11) is -3.15. The average molecular weight is 275 g/mol. The molecule has 0 atom stereocenters. The number of H-pyrrole nitrogens is 1. The van der Waals surface area contributed by atoms with Gasteiger partial charge in [0.25, 0.3) is 0 Å². The number of hydrogen-bond acceptors (Lipinski definition) is 3. The van der Waals surface area contributed by atoms with Crippen molar-refractivity contribution >= 4 is 33.1 Å². The first-order valence-corrected chi connectivity index (χ1v) is 6.91. The predicted octanol–water partition coefficient (Wildman–Crippen LogP) is 1.49. The third-order valence-electron chi connectivity index (χ3n) is 2.58. The number of aromatic nitrogens is 1. The Balaban J connectivity index is 0.00000144. The summed E-state index contributed by atoms with van der Waals surface area (Å²) >= 11 is 0. The first-order valence-electron chi connectivity index (χ1n) is 5.02. The van der Waals surface area contributed by atoms with Gasteiger partial charge in [0.05, 0.1) is 4.90 Å². The molecule has 0 bridgehead atoms. The third kappa shape index (κ3) is 2.80. The number of nitrogens with one attached hydrogen (secondary N) is 1. The van der Waals surface area contributed by atoms with Crippen LogP contribution in [0.5, 0.6) is 0 Å². The van der Waals surface area contributed by atoms with Crippen LogP contribution in [-0.2, 0) is 16.3 Å². The van der Waals surface area contributed by atoms with Crippen LogP contribution in [0.3, 0.4) is 0 Å². The van der Waals surface area contributed by atoms with Crippen molar-refractivity contribution in [2.75, 3.05) is 12.8 Å². The largest absolute Gasteiger partial charge is 0.361 e. The van der Waals surface area contributed by atoms with E-state index in [0.29, 0.717) is 11.4 Å². The first-order chi connectivity index (χ1) is 7.52. The summed E-state index contributed by atoms with van der Waals surface area (Å²) in [5, 5.41) is 0.938. The van der Waals surface area contributed by atoms with Gasteiger partial charge >= 0.3 is 0 Å². The van der Waals surface area contributed by atoms with Gasteiger partial charge < -0.3 is 10.7 Å². The summed E-state index contributed by atoms with van der Waals surface area (Å²) in [5.41, 5.74) is 7.50. The fourth-order valence-corrected chi connectivity index (χ4v) is 2.40. The fourth-order valence-electron chi connectivity index (χ4n) is 1.75. The zero-order valence-electron chi connectivity index (χ0n) is 9.43. The van der Waals surface area contributed by atoms with Gasteiger partial charge in [0.15, 0.2) is 9.84 Å². The first kappa shape index (κ1) is 14.0. The van der Waals surface area contributed by atoms with Gasteiger partial charge in [0.1, 0.15) is 0 Å². The summed E-state index contributed by atoms with van der Waals surface area (Å²) < 4.78 is 22.9. The molecule has 0 amide bonds. The van der Waals surface area contributed by atoms with Crippen molar-refractivity contribution < 1.29 is 8.42 Å². The van der Waals surface area contributed by atoms with Crippen molar-refractivity contribution in [1.82, 2.24) is 4.98 Å². The van der Waals surface area contributed by atoms with Crippen molar-refractivity contribution in [2.24, 2.45) is 5.73 Å². The number of sulfone groups is 1. The molecule has 0 saturated carbocycles. The standard InChI is InChI=1S/C11H14N2O2S.ClH/c1-16(14,15)9-2-3-11-10(6-9)8(4-5-12)7-13-11;/h2-3,6-7,13H,4-5,12H2,1H3;1H. The van der Waals surface area contributed by atoms with Crippen molar-refractivity contribution in [3.63, 3.8) is 0 Å². The monoisotopic (exact) mass is 274 g/mol. The van der Waals surface area contributed by atoms with Crippen LogP contribution in [-0.4, -0.2) is 26.2 Å². The number of aromatic amines is 1. The minimum absolute atomic E-state index is 0. The Labute approximate surface area is 107 Å². The Morgan fingerprint density at radius 2 is 2.06 bits per heavy atom. The maximum Gasteiger partial charge on any atom is 0.175 e. The Kier molecular flexibility index (Phi) is 4.19. The highest BCUT2D eigenvalue weighted by atomic mass is 35.5. The molecule has 17 heavy (non-hydrogen) atoms. The minimum atomic E-state index is -3.15. The summed E-state index contributed by atoms with van der Waals surface area (Å²) in [4.78, 5) is 3.45. The highest BCUT2D eigenvalue weighted by molar-refractivity contribution is 7.90. The fraction of sp³-hybridized carbons (Fsp3) is 0.273. The van der Waals surface area contributed by atoms with E-state index in [2.05, 4.69) is 4.98 Å². The summed E-state index contributed by atoms with van der Waals surface area (Å²) in [6.45, 7) is 0.552. The molecule has 2 aromatic rings. The molecular formula is C11H15ClN2O2S. The van der Waals surface area contributed by atoms with Crippen LogP contribution in [0.25, 0.3) is 10.9 Å². The zero-order valence-corrected chi connectivity index (χ0v) is 11.1. The molecular weight excluding hydrogens is 260 g/mol. The van der Waals surface area contributed by atoms with Gasteiger partial charge in [-0.2, -0.15) is 0 Å². The molecule has 1 aromatic carbocycles. The highest BCUT2D eigenvalue weighted by Gasteiger charge is 2.10. The Morgan fingerprint density at radius 1 is 1.35 bits per heavy atom. The van der Waals surface area contributed by atoms with Crippen LogP contribution in [0, 0.1) is 0 Å². The molecule has 1 aromatic heterocycles. The Hall–Kier alpha value is -1.04. The van der Waals surface area contributed by atoms with Crippen molar-refractivity contribution in [3.8, 4) is 0 Å². The Morgan fingerprint density at radius 3 is 2.65 bits per heavy atom. The molecule has 6 heteroatoms. The normalized spacial score (nSPS) is 11.4. The number of fused-ring (bicyclic) bond motifs is 1. The van der Waals surface area contributed by atoms with Gasteiger partial charge in [-0.25, -0.2) is 8.42 Å². The van der Waals surface area contributed by atoms with Gasteiger partial charge in [-0.1, -0.05) is 0 Å². The van der Waals surface area contributed by atoms with E-state index in [1.54, 1.807) is 18.2 Å². The van der Waals surface area contributed by atoms with Crippen LogP contribution in [0.15, 0.2) is 29.3 Å². The van der Waals surface area contributed by atoms with Gasteiger partial charge in [0, 0.05) is 23.4 Å². The van der Waals surface area contributed by atoms with Crippen LogP contribution in [0.4, 0.5) is 0 Å². The second kappa shape index (κ2) is 5.08. The summed E-state index contributed by atoms with van der Waals surface area (Å²) in [5.74, 6) is 0. The number of nitrogens with two attached hydrogens (primary N) is 1. The number of halogens is 1. The van der Waals surface area contributed by atoms with Crippen LogP contribution < -0.4 is 5.73 Å². The summed E-state index contributed by atoms with van der Waals surface area (Å²) in [6.07, 6.45) is 3.83. The molecule has 0 fully saturated rings. The lowest BCUT2D eigenvalue weighted by molar-refractivity contribution is 0.602. The molecule has 0 spiro atoms. The smallest absolute Gasteiger partial charge is 0.175 e. The van der Waals surface area contributed by atoms with E-state index in [1.165, 1.54) is 6.26 Å². The number of hydrogen-bond donors (Lipinski definition) is 2. The molecule has 0 aliphatic carbocycles. The predicted molar refractivity (Wildman–Crippen MR) is 71.4 cm³/mol. The van der Waals surface area contributed by atoms with E-state index in [0.717, 1.165) is 22.9 Å². The lowest BCUT2D eigenvalue weighted by Gasteiger charge is -2.00.